The molecule has 0 amide bonds. The number of aromatic nitrogens is 5. The summed E-state index contributed by atoms with van der Waals surface area (Å²) in [5.74, 6) is 2.78. The van der Waals surface area contributed by atoms with Crippen molar-refractivity contribution in [3.05, 3.63) is 140 Å². The molecule has 0 spiro atoms. The van der Waals surface area contributed by atoms with E-state index in [9.17, 15) is 0 Å². The molecule has 6 aromatic carbocycles. The Morgan fingerprint density at radius 3 is 1.41 bits per heavy atom. The van der Waals surface area contributed by atoms with Crippen molar-refractivity contribution in [3.63, 3.8) is 0 Å². The molecule has 8 heteroatoms. The predicted molar refractivity (Wildman–Crippen MR) is 195 cm³/mol. The SMILES string of the molecule is c1ccc(-c2nc3cc(-c4nc(-c5ccc6oc(-c7ccccc7)nc6c5)nc(-c5ccc6c(c5)sc5ccccc56)n4)ccc3o2)cc1. The van der Waals surface area contributed by atoms with Crippen LogP contribution in [-0.4, -0.2) is 24.9 Å². The van der Waals surface area contributed by atoms with Crippen LogP contribution < -0.4 is 0 Å². The lowest BCUT2D eigenvalue weighted by Gasteiger charge is -2.08. The number of thiophene rings is 1. The summed E-state index contributed by atoms with van der Waals surface area (Å²) in [5.41, 5.74) is 7.20. The standard InChI is InChI=1S/C41H23N5O2S/c1-3-9-24(10-4-1)40-42-31-21-26(16-19-33(31)47-40)37-44-38(27-17-20-34-32(22-27)43-41(48-34)25-11-5-2-6-12-25)46-39(45-37)28-15-18-30-29-13-7-8-14-35(29)49-36(30)23-28/h1-23H. The third kappa shape index (κ3) is 4.85. The highest BCUT2D eigenvalue weighted by molar-refractivity contribution is 7.25. The molecule has 7 nitrogen and oxygen atoms in total. The molecule has 4 aromatic heterocycles. The van der Waals surface area contributed by atoms with Gasteiger partial charge in [0.15, 0.2) is 28.6 Å². The molecule has 0 unspecified atom stereocenters. The van der Waals surface area contributed by atoms with Crippen LogP contribution in [0.25, 0.3) is 99.4 Å². The van der Waals surface area contributed by atoms with E-state index in [2.05, 4.69) is 42.5 Å². The van der Waals surface area contributed by atoms with Crippen LogP contribution in [0.5, 0.6) is 0 Å². The Balaban J connectivity index is 1.12. The Kier molecular flexibility index (Phi) is 6.22. The summed E-state index contributed by atoms with van der Waals surface area (Å²) in [6.45, 7) is 0. The maximum atomic E-state index is 6.09. The van der Waals surface area contributed by atoms with E-state index < -0.39 is 0 Å². The first-order valence-corrected chi connectivity index (χ1v) is 16.6. The highest BCUT2D eigenvalue weighted by Gasteiger charge is 2.17. The smallest absolute Gasteiger partial charge is 0.227 e. The van der Waals surface area contributed by atoms with Crippen LogP contribution in [0.2, 0.25) is 0 Å². The van der Waals surface area contributed by atoms with Crippen LogP contribution in [-0.2, 0) is 0 Å². The van der Waals surface area contributed by atoms with Crippen LogP contribution in [0.1, 0.15) is 0 Å². The summed E-state index contributed by atoms with van der Waals surface area (Å²) in [4.78, 5) is 24.6. The Morgan fingerprint density at radius 2 is 0.837 bits per heavy atom. The molecule has 0 atom stereocenters. The monoisotopic (exact) mass is 649 g/mol. The molecule has 0 fully saturated rings. The van der Waals surface area contributed by atoms with Crippen molar-refractivity contribution in [2.75, 3.05) is 0 Å². The lowest BCUT2D eigenvalue weighted by Crippen LogP contribution is -2.00. The van der Waals surface area contributed by atoms with Gasteiger partial charge >= 0.3 is 0 Å². The van der Waals surface area contributed by atoms with Gasteiger partial charge in [-0.1, -0.05) is 66.7 Å². The van der Waals surface area contributed by atoms with Crippen LogP contribution in [0.15, 0.2) is 148 Å². The largest absolute Gasteiger partial charge is 0.436 e. The first-order chi connectivity index (χ1) is 24.2. The molecule has 10 rings (SSSR count). The molecule has 4 heterocycles. The van der Waals surface area contributed by atoms with Gasteiger partial charge in [-0.15, -0.1) is 11.3 Å². The lowest BCUT2D eigenvalue weighted by molar-refractivity contribution is 0.619. The first kappa shape index (κ1) is 27.6. The van der Waals surface area contributed by atoms with Gasteiger partial charge in [-0.25, -0.2) is 24.9 Å². The number of hydrogen-bond donors (Lipinski definition) is 0. The second-order valence-corrected chi connectivity index (χ2v) is 12.8. The second kappa shape index (κ2) is 11.0. The van der Waals surface area contributed by atoms with Gasteiger partial charge in [0.1, 0.15) is 11.0 Å². The number of benzene rings is 6. The van der Waals surface area contributed by atoms with E-state index >= 15 is 0 Å². The van der Waals surface area contributed by atoms with Gasteiger partial charge in [0.2, 0.25) is 11.8 Å². The molecule has 0 N–H and O–H groups in total. The van der Waals surface area contributed by atoms with E-state index in [1.807, 2.05) is 97.1 Å². The molecule has 0 bridgehead atoms. The van der Waals surface area contributed by atoms with E-state index in [0.717, 1.165) is 38.9 Å². The Hall–Kier alpha value is -6.51. The normalized spacial score (nSPS) is 11.7. The Labute approximate surface area is 283 Å². The van der Waals surface area contributed by atoms with Gasteiger partial charge in [-0.2, -0.15) is 0 Å². The minimum absolute atomic E-state index is 0.535. The molecule has 0 radical (unpaired) electrons. The fourth-order valence-electron chi connectivity index (χ4n) is 6.17. The van der Waals surface area contributed by atoms with Crippen molar-refractivity contribution < 1.29 is 8.83 Å². The van der Waals surface area contributed by atoms with Gasteiger partial charge < -0.3 is 8.83 Å². The predicted octanol–water partition coefficient (Wildman–Crippen LogP) is 10.9. The number of nitrogens with zero attached hydrogens (tertiary/aromatic N) is 5. The second-order valence-electron chi connectivity index (χ2n) is 11.8. The maximum Gasteiger partial charge on any atom is 0.227 e. The molecular weight excluding hydrogens is 627 g/mol. The Morgan fingerprint density at radius 1 is 0.367 bits per heavy atom. The summed E-state index contributed by atoms with van der Waals surface area (Å²) in [6, 6.07) is 46.4. The molecule has 0 aliphatic rings. The average Bonchev–Trinajstić information content (AvgIpc) is 3.89. The quantitative estimate of drug-likeness (QED) is 0.183. The summed E-state index contributed by atoms with van der Waals surface area (Å²) < 4.78 is 14.6. The van der Waals surface area contributed by atoms with E-state index in [1.165, 1.54) is 20.2 Å². The molecule has 0 aliphatic heterocycles. The van der Waals surface area contributed by atoms with E-state index in [0.29, 0.717) is 40.4 Å². The van der Waals surface area contributed by atoms with Gasteiger partial charge in [0, 0.05) is 48.0 Å². The van der Waals surface area contributed by atoms with Crippen molar-refractivity contribution >= 4 is 53.7 Å². The van der Waals surface area contributed by atoms with Gasteiger partial charge in [0.05, 0.1) is 0 Å². The Bertz CT molecular complexity index is 2700. The third-order valence-electron chi connectivity index (χ3n) is 8.61. The van der Waals surface area contributed by atoms with Crippen LogP contribution in [0.3, 0.4) is 0 Å². The molecule has 0 saturated carbocycles. The molecule has 0 saturated heterocycles. The van der Waals surface area contributed by atoms with Crippen molar-refractivity contribution in [2.24, 2.45) is 0 Å². The van der Waals surface area contributed by atoms with E-state index in [4.69, 9.17) is 33.8 Å². The number of hydrogen-bond acceptors (Lipinski definition) is 8. The summed E-state index contributed by atoms with van der Waals surface area (Å²) >= 11 is 1.77. The van der Waals surface area contributed by atoms with Gasteiger partial charge in [-0.3, -0.25) is 0 Å². The van der Waals surface area contributed by atoms with Crippen LogP contribution >= 0.6 is 11.3 Å². The van der Waals surface area contributed by atoms with Crippen molar-refractivity contribution in [3.8, 4) is 57.1 Å². The molecule has 49 heavy (non-hydrogen) atoms. The number of rotatable bonds is 5. The minimum atomic E-state index is 0.535. The maximum absolute atomic E-state index is 6.09. The molecule has 10 aromatic rings. The zero-order chi connectivity index (χ0) is 32.3. The summed E-state index contributed by atoms with van der Waals surface area (Å²) in [5, 5.41) is 2.47. The zero-order valence-corrected chi connectivity index (χ0v) is 26.6. The highest BCUT2D eigenvalue weighted by Crippen LogP contribution is 2.37. The number of fused-ring (bicyclic) bond motifs is 5. The fourth-order valence-corrected chi connectivity index (χ4v) is 7.32. The highest BCUT2D eigenvalue weighted by atomic mass is 32.1. The summed E-state index contributed by atoms with van der Waals surface area (Å²) in [7, 11) is 0. The van der Waals surface area contributed by atoms with Gasteiger partial charge in [-0.05, 0) is 72.8 Å². The van der Waals surface area contributed by atoms with Crippen molar-refractivity contribution in [1.29, 1.82) is 0 Å². The lowest BCUT2D eigenvalue weighted by atomic mass is 10.1. The fraction of sp³-hybridized carbons (Fsp3) is 0. The number of oxazole rings is 2. The average molecular weight is 650 g/mol. The van der Waals surface area contributed by atoms with Crippen molar-refractivity contribution in [2.45, 2.75) is 0 Å². The minimum Gasteiger partial charge on any atom is -0.436 e. The van der Waals surface area contributed by atoms with Crippen LogP contribution in [0.4, 0.5) is 0 Å². The van der Waals surface area contributed by atoms with E-state index in [-0.39, 0.29) is 0 Å². The van der Waals surface area contributed by atoms with Gasteiger partial charge in [0.25, 0.3) is 0 Å². The molecule has 230 valence electrons. The molecule has 0 aliphatic carbocycles. The zero-order valence-electron chi connectivity index (χ0n) is 25.7. The summed E-state index contributed by atoms with van der Waals surface area (Å²) in [6.07, 6.45) is 0. The molecular formula is C41H23N5O2S. The topological polar surface area (TPSA) is 90.7 Å². The van der Waals surface area contributed by atoms with E-state index in [1.54, 1.807) is 11.3 Å². The first-order valence-electron chi connectivity index (χ1n) is 15.8. The third-order valence-corrected chi connectivity index (χ3v) is 9.74. The van der Waals surface area contributed by atoms with Crippen LogP contribution in [0, 0.1) is 0 Å². The van der Waals surface area contributed by atoms with Crippen molar-refractivity contribution in [1.82, 2.24) is 24.9 Å².